The van der Waals surface area contributed by atoms with E-state index in [2.05, 4.69) is 57.4 Å². The van der Waals surface area contributed by atoms with Crippen molar-refractivity contribution < 1.29 is 4.42 Å². The summed E-state index contributed by atoms with van der Waals surface area (Å²) in [4.78, 5) is 5.23. The number of anilines is 1. The fourth-order valence-electron chi connectivity index (χ4n) is 3.26. The van der Waals surface area contributed by atoms with Gasteiger partial charge < -0.3 is 9.32 Å². The van der Waals surface area contributed by atoms with Gasteiger partial charge in [-0.1, -0.05) is 48.5 Å². The second-order valence-corrected chi connectivity index (χ2v) is 6.85. The van der Waals surface area contributed by atoms with Crippen LogP contribution in [0.15, 0.2) is 65.1 Å². The quantitative estimate of drug-likeness (QED) is 0.645. The molecule has 0 atom stereocenters. The van der Waals surface area contributed by atoms with Crippen molar-refractivity contribution in [3.8, 4) is 0 Å². The Morgan fingerprint density at radius 3 is 2.23 bits per heavy atom. The van der Waals surface area contributed by atoms with E-state index in [0.717, 1.165) is 26.2 Å². The van der Waals surface area contributed by atoms with Crippen LogP contribution in [0.2, 0.25) is 0 Å². The summed E-state index contributed by atoms with van der Waals surface area (Å²) >= 11 is 5.35. The summed E-state index contributed by atoms with van der Waals surface area (Å²) in [7, 11) is 0. The van der Waals surface area contributed by atoms with Crippen molar-refractivity contribution in [1.29, 1.82) is 0 Å². The minimum absolute atomic E-state index is 0.446. The number of piperazine rings is 1. The molecule has 3 aromatic rings. The van der Waals surface area contributed by atoms with E-state index in [0.29, 0.717) is 23.8 Å². The summed E-state index contributed by atoms with van der Waals surface area (Å²) in [6.07, 6.45) is 0.666. The van der Waals surface area contributed by atoms with Gasteiger partial charge in [0.05, 0.1) is 13.1 Å². The maximum absolute atomic E-state index is 5.68. The molecule has 0 radical (unpaired) electrons. The van der Waals surface area contributed by atoms with Gasteiger partial charge in [-0.25, -0.2) is 4.68 Å². The predicted molar refractivity (Wildman–Crippen MR) is 105 cm³/mol. The monoisotopic (exact) mass is 366 g/mol. The molecular weight excluding hydrogens is 344 g/mol. The number of nitrogens with zero attached hydrogens (tertiary/aromatic N) is 4. The minimum atomic E-state index is 0.446. The van der Waals surface area contributed by atoms with E-state index in [9.17, 15) is 0 Å². The van der Waals surface area contributed by atoms with E-state index in [1.54, 1.807) is 4.68 Å². The van der Waals surface area contributed by atoms with Gasteiger partial charge >= 0.3 is 0 Å². The smallest absolute Gasteiger partial charge is 0.288 e. The molecule has 1 saturated heterocycles. The molecule has 6 heteroatoms. The van der Waals surface area contributed by atoms with E-state index < -0.39 is 0 Å². The average Bonchev–Trinajstić information content (AvgIpc) is 3.03. The summed E-state index contributed by atoms with van der Waals surface area (Å²) < 4.78 is 7.48. The van der Waals surface area contributed by atoms with Crippen LogP contribution in [0.25, 0.3) is 0 Å². The lowest BCUT2D eigenvalue weighted by atomic mass is 10.2. The molecule has 0 N–H and O–H groups in total. The fourth-order valence-corrected chi connectivity index (χ4v) is 3.45. The van der Waals surface area contributed by atoms with Crippen molar-refractivity contribution in [2.24, 2.45) is 0 Å². The van der Waals surface area contributed by atoms with Gasteiger partial charge in [-0.05, 0) is 29.9 Å². The van der Waals surface area contributed by atoms with Crippen molar-refractivity contribution in [3.05, 3.63) is 77.0 Å². The van der Waals surface area contributed by atoms with Crippen LogP contribution in [0.4, 0.5) is 5.69 Å². The highest BCUT2D eigenvalue weighted by Crippen LogP contribution is 2.16. The Kier molecular flexibility index (Phi) is 5.13. The Morgan fingerprint density at radius 2 is 1.54 bits per heavy atom. The maximum Gasteiger partial charge on any atom is 0.288 e. The summed E-state index contributed by atoms with van der Waals surface area (Å²) in [5.41, 5.74) is 2.46. The Balaban J connectivity index is 1.36. The molecule has 0 saturated carbocycles. The fraction of sp³-hybridized carbons (Fsp3) is 0.300. The summed E-state index contributed by atoms with van der Waals surface area (Å²) in [5.74, 6) is 0.670. The van der Waals surface area contributed by atoms with Crippen molar-refractivity contribution in [3.63, 3.8) is 0 Å². The van der Waals surface area contributed by atoms with E-state index in [-0.39, 0.29) is 0 Å². The third kappa shape index (κ3) is 4.03. The minimum Gasteiger partial charge on any atom is -0.414 e. The van der Waals surface area contributed by atoms with Gasteiger partial charge in [0.1, 0.15) is 0 Å². The van der Waals surface area contributed by atoms with E-state index in [4.69, 9.17) is 16.6 Å². The molecule has 5 nitrogen and oxygen atoms in total. The second kappa shape index (κ2) is 7.85. The molecule has 1 aliphatic heterocycles. The lowest BCUT2D eigenvalue weighted by Crippen LogP contribution is -2.46. The molecule has 1 fully saturated rings. The van der Waals surface area contributed by atoms with Gasteiger partial charge in [0.15, 0.2) is 0 Å². The topological polar surface area (TPSA) is 37.4 Å². The van der Waals surface area contributed by atoms with Gasteiger partial charge in [0.25, 0.3) is 4.84 Å². The summed E-state index contributed by atoms with van der Waals surface area (Å²) in [6, 6.07) is 20.8. The summed E-state index contributed by atoms with van der Waals surface area (Å²) in [6.45, 7) is 4.66. The number of benzene rings is 2. The number of rotatable bonds is 5. The zero-order valence-electron chi connectivity index (χ0n) is 14.6. The first kappa shape index (κ1) is 17.0. The van der Waals surface area contributed by atoms with E-state index >= 15 is 0 Å². The third-order valence-corrected chi connectivity index (χ3v) is 4.97. The van der Waals surface area contributed by atoms with Crippen molar-refractivity contribution in [2.45, 2.75) is 13.1 Å². The van der Waals surface area contributed by atoms with Gasteiger partial charge in [0.2, 0.25) is 5.89 Å². The van der Waals surface area contributed by atoms with Crippen LogP contribution in [-0.4, -0.2) is 40.9 Å². The molecule has 0 aliphatic carbocycles. The molecule has 4 rings (SSSR count). The Morgan fingerprint density at radius 1 is 0.885 bits per heavy atom. The number of hydrogen-bond acceptors (Lipinski definition) is 5. The van der Waals surface area contributed by atoms with Gasteiger partial charge in [-0.2, -0.15) is 0 Å². The molecule has 0 unspecified atom stereocenters. The first-order valence-corrected chi connectivity index (χ1v) is 9.32. The molecule has 1 aliphatic rings. The van der Waals surface area contributed by atoms with Crippen LogP contribution in [-0.2, 0) is 13.1 Å². The second-order valence-electron chi connectivity index (χ2n) is 6.51. The molecule has 2 heterocycles. The zero-order chi connectivity index (χ0) is 17.8. The Labute approximate surface area is 158 Å². The average molecular weight is 366 g/mol. The third-order valence-electron chi connectivity index (χ3n) is 4.67. The molecule has 0 spiro atoms. The van der Waals surface area contributed by atoms with Crippen LogP contribution in [0.3, 0.4) is 0 Å². The van der Waals surface area contributed by atoms with Crippen LogP contribution in [0.1, 0.15) is 11.5 Å². The van der Waals surface area contributed by atoms with Crippen LogP contribution in [0.5, 0.6) is 0 Å². The predicted octanol–water partition coefficient (Wildman–Crippen LogP) is 3.58. The van der Waals surface area contributed by atoms with Crippen molar-refractivity contribution >= 4 is 17.9 Å². The highest BCUT2D eigenvalue weighted by Gasteiger charge is 2.18. The summed E-state index contributed by atoms with van der Waals surface area (Å²) in [5, 5.41) is 4.57. The zero-order valence-corrected chi connectivity index (χ0v) is 15.4. The van der Waals surface area contributed by atoms with Crippen LogP contribution < -0.4 is 4.90 Å². The van der Waals surface area contributed by atoms with E-state index in [1.165, 1.54) is 11.3 Å². The first-order chi connectivity index (χ1) is 12.8. The van der Waals surface area contributed by atoms with Gasteiger partial charge in [-0.15, -0.1) is 5.10 Å². The first-order valence-electron chi connectivity index (χ1n) is 8.91. The van der Waals surface area contributed by atoms with Gasteiger partial charge in [-0.3, -0.25) is 4.90 Å². The van der Waals surface area contributed by atoms with Crippen molar-refractivity contribution in [1.82, 2.24) is 14.7 Å². The number of hydrogen-bond donors (Lipinski definition) is 0. The molecule has 0 amide bonds. The SMILES string of the molecule is S=c1oc(Cc2ccccc2)nn1CN1CCN(c2ccccc2)CC1. The molecule has 1 aromatic heterocycles. The van der Waals surface area contributed by atoms with Crippen LogP contribution >= 0.6 is 12.2 Å². The lowest BCUT2D eigenvalue weighted by Gasteiger charge is -2.35. The number of para-hydroxylation sites is 1. The lowest BCUT2D eigenvalue weighted by molar-refractivity contribution is 0.192. The highest BCUT2D eigenvalue weighted by atomic mass is 32.1. The largest absolute Gasteiger partial charge is 0.414 e. The van der Waals surface area contributed by atoms with Crippen molar-refractivity contribution in [2.75, 3.05) is 31.1 Å². The Bertz CT molecular complexity index is 883. The van der Waals surface area contributed by atoms with Gasteiger partial charge in [0, 0.05) is 31.9 Å². The molecule has 2 aromatic carbocycles. The molecule has 0 bridgehead atoms. The molecular formula is C20H22N4OS. The highest BCUT2D eigenvalue weighted by molar-refractivity contribution is 7.71. The normalized spacial score (nSPS) is 15.3. The maximum atomic E-state index is 5.68. The molecule has 134 valence electrons. The Hall–Kier alpha value is -2.44. The standard InChI is InChI=1S/C20H22N4OS/c26-20-24(21-19(25-20)15-17-7-3-1-4-8-17)16-22-11-13-23(14-12-22)18-9-5-2-6-10-18/h1-10H,11-16H2. The van der Waals surface area contributed by atoms with E-state index in [1.807, 2.05) is 18.2 Å². The molecule has 26 heavy (non-hydrogen) atoms. The number of aromatic nitrogens is 2. The van der Waals surface area contributed by atoms with Crippen LogP contribution in [0, 0.1) is 4.84 Å².